The molecule has 0 unspecified atom stereocenters. The highest BCUT2D eigenvalue weighted by molar-refractivity contribution is 7.16. The Kier molecular flexibility index (Phi) is 3.53. The SMILES string of the molecule is [N-]=[N+]=NCCC=Cc1ccc2ncsc2c1. The third-order valence-electron chi connectivity index (χ3n) is 2.12. The topological polar surface area (TPSA) is 61.7 Å². The zero-order valence-corrected chi connectivity index (χ0v) is 9.39. The van der Waals surface area contributed by atoms with Crippen LogP contribution in [0, 0.1) is 0 Å². The van der Waals surface area contributed by atoms with Gasteiger partial charge in [-0.2, -0.15) is 0 Å². The van der Waals surface area contributed by atoms with Crippen LogP contribution < -0.4 is 0 Å². The van der Waals surface area contributed by atoms with Gasteiger partial charge in [0.2, 0.25) is 0 Å². The van der Waals surface area contributed by atoms with Crippen LogP contribution in [0.1, 0.15) is 12.0 Å². The number of rotatable bonds is 4. The van der Waals surface area contributed by atoms with Crippen molar-refractivity contribution in [3.63, 3.8) is 0 Å². The van der Waals surface area contributed by atoms with E-state index in [0.717, 1.165) is 17.5 Å². The number of azide groups is 1. The lowest BCUT2D eigenvalue weighted by atomic mass is 10.2. The van der Waals surface area contributed by atoms with Crippen molar-refractivity contribution in [2.75, 3.05) is 6.54 Å². The summed E-state index contributed by atoms with van der Waals surface area (Å²) in [5.41, 5.74) is 12.1. The van der Waals surface area contributed by atoms with Gasteiger partial charge in [0.05, 0.1) is 15.7 Å². The van der Waals surface area contributed by atoms with Crippen molar-refractivity contribution < 1.29 is 0 Å². The highest BCUT2D eigenvalue weighted by Crippen LogP contribution is 2.19. The van der Waals surface area contributed by atoms with E-state index in [0.29, 0.717) is 6.54 Å². The number of nitrogens with zero attached hydrogens (tertiary/aromatic N) is 4. The molecule has 2 aromatic rings. The van der Waals surface area contributed by atoms with Gasteiger partial charge < -0.3 is 0 Å². The van der Waals surface area contributed by atoms with Crippen LogP contribution in [0.2, 0.25) is 0 Å². The van der Waals surface area contributed by atoms with E-state index in [1.807, 2.05) is 29.8 Å². The molecule has 0 aliphatic carbocycles. The number of hydrogen-bond donors (Lipinski definition) is 0. The Morgan fingerprint density at radius 1 is 1.50 bits per heavy atom. The summed E-state index contributed by atoms with van der Waals surface area (Å²) >= 11 is 1.64. The maximum Gasteiger partial charge on any atom is 0.0812 e. The van der Waals surface area contributed by atoms with E-state index in [1.54, 1.807) is 11.3 Å². The summed E-state index contributed by atoms with van der Waals surface area (Å²) in [4.78, 5) is 6.92. The number of hydrogen-bond acceptors (Lipinski definition) is 3. The van der Waals surface area contributed by atoms with E-state index in [-0.39, 0.29) is 0 Å². The molecule has 0 N–H and O–H groups in total. The van der Waals surface area contributed by atoms with Gasteiger partial charge in [-0.05, 0) is 29.6 Å². The van der Waals surface area contributed by atoms with Gasteiger partial charge in [0.15, 0.2) is 0 Å². The van der Waals surface area contributed by atoms with Crippen LogP contribution >= 0.6 is 11.3 Å². The molecule has 4 nitrogen and oxygen atoms in total. The summed E-state index contributed by atoms with van der Waals surface area (Å²) in [6, 6.07) is 6.15. The maximum absolute atomic E-state index is 8.11. The first-order valence-corrected chi connectivity index (χ1v) is 5.79. The van der Waals surface area contributed by atoms with E-state index in [9.17, 15) is 0 Å². The molecule has 0 amide bonds. The summed E-state index contributed by atoms with van der Waals surface area (Å²) < 4.78 is 1.19. The minimum atomic E-state index is 0.510. The first-order chi connectivity index (χ1) is 7.90. The third kappa shape index (κ3) is 2.59. The van der Waals surface area contributed by atoms with E-state index in [4.69, 9.17) is 5.53 Å². The minimum absolute atomic E-state index is 0.510. The first-order valence-electron chi connectivity index (χ1n) is 4.91. The smallest absolute Gasteiger partial charge is 0.0812 e. The molecule has 0 bridgehead atoms. The van der Waals surface area contributed by atoms with Crippen molar-refractivity contribution in [1.29, 1.82) is 0 Å². The molecular formula is C11H10N4S. The largest absolute Gasteiger partial charge is 0.245 e. The molecule has 80 valence electrons. The van der Waals surface area contributed by atoms with Gasteiger partial charge in [-0.15, -0.1) is 11.3 Å². The fraction of sp³-hybridized carbons (Fsp3) is 0.182. The lowest BCUT2D eigenvalue weighted by Gasteiger charge is -1.93. The molecule has 0 fully saturated rings. The Labute approximate surface area is 96.9 Å². The summed E-state index contributed by atoms with van der Waals surface area (Å²) in [6.45, 7) is 0.510. The summed E-state index contributed by atoms with van der Waals surface area (Å²) in [6.07, 6.45) is 4.81. The van der Waals surface area contributed by atoms with Crippen molar-refractivity contribution in [3.8, 4) is 0 Å². The molecule has 0 spiro atoms. The number of fused-ring (bicyclic) bond motifs is 1. The van der Waals surface area contributed by atoms with Crippen LogP contribution in [0.5, 0.6) is 0 Å². The fourth-order valence-electron chi connectivity index (χ4n) is 1.37. The lowest BCUT2D eigenvalue weighted by molar-refractivity contribution is 0.996. The summed E-state index contributed by atoms with van der Waals surface area (Å²) in [5, 5.41) is 3.47. The zero-order chi connectivity index (χ0) is 11.2. The van der Waals surface area contributed by atoms with Gasteiger partial charge in [0, 0.05) is 11.5 Å². The Morgan fingerprint density at radius 3 is 3.31 bits per heavy atom. The molecule has 0 saturated carbocycles. The molecule has 16 heavy (non-hydrogen) atoms. The average molecular weight is 230 g/mol. The molecule has 0 radical (unpaired) electrons. The second kappa shape index (κ2) is 5.30. The third-order valence-corrected chi connectivity index (χ3v) is 2.92. The molecule has 0 aliphatic heterocycles. The number of aromatic nitrogens is 1. The molecule has 1 aromatic carbocycles. The van der Waals surface area contributed by atoms with Crippen LogP contribution in [0.15, 0.2) is 34.9 Å². The first kappa shape index (κ1) is 10.7. The molecule has 1 aromatic heterocycles. The quantitative estimate of drug-likeness (QED) is 0.339. The minimum Gasteiger partial charge on any atom is -0.245 e. The van der Waals surface area contributed by atoms with Gasteiger partial charge in [0.25, 0.3) is 0 Å². The average Bonchev–Trinajstić information content (AvgIpc) is 2.76. The second-order valence-corrected chi connectivity index (χ2v) is 4.11. The Bertz CT molecular complexity index is 552. The van der Waals surface area contributed by atoms with E-state index in [1.165, 1.54) is 4.70 Å². The van der Waals surface area contributed by atoms with Gasteiger partial charge in [-0.25, -0.2) is 4.98 Å². The number of thiazole rings is 1. The summed E-state index contributed by atoms with van der Waals surface area (Å²) in [5.74, 6) is 0. The highest BCUT2D eigenvalue weighted by atomic mass is 32.1. The molecule has 1 heterocycles. The molecule has 2 rings (SSSR count). The Morgan fingerprint density at radius 2 is 2.44 bits per heavy atom. The monoisotopic (exact) mass is 230 g/mol. The van der Waals surface area contributed by atoms with E-state index >= 15 is 0 Å². The fourth-order valence-corrected chi connectivity index (χ4v) is 2.10. The lowest BCUT2D eigenvalue weighted by Crippen LogP contribution is -1.74. The van der Waals surface area contributed by atoms with Gasteiger partial charge in [-0.1, -0.05) is 23.3 Å². The predicted octanol–water partition coefficient (Wildman–Crippen LogP) is 4.01. The van der Waals surface area contributed by atoms with Crippen LogP contribution in [-0.2, 0) is 0 Å². The van der Waals surface area contributed by atoms with Crippen molar-refractivity contribution in [1.82, 2.24) is 4.98 Å². The summed E-state index contributed by atoms with van der Waals surface area (Å²) in [7, 11) is 0. The zero-order valence-electron chi connectivity index (χ0n) is 8.58. The Balaban J connectivity index is 2.05. The molecular weight excluding hydrogens is 220 g/mol. The van der Waals surface area contributed by atoms with Crippen molar-refractivity contribution in [2.24, 2.45) is 5.11 Å². The second-order valence-electron chi connectivity index (χ2n) is 3.23. The molecule has 0 atom stereocenters. The standard InChI is InChI=1S/C11H10N4S/c12-15-14-6-2-1-3-9-4-5-10-11(7-9)16-8-13-10/h1,3-5,7-8H,2,6H2. The normalized spacial score (nSPS) is 10.8. The van der Waals surface area contributed by atoms with Crippen LogP contribution in [0.4, 0.5) is 0 Å². The van der Waals surface area contributed by atoms with Crippen molar-refractivity contribution in [2.45, 2.75) is 6.42 Å². The predicted molar refractivity (Wildman–Crippen MR) is 67.3 cm³/mol. The van der Waals surface area contributed by atoms with Gasteiger partial charge >= 0.3 is 0 Å². The van der Waals surface area contributed by atoms with Crippen LogP contribution in [-0.4, -0.2) is 11.5 Å². The van der Waals surface area contributed by atoms with E-state index in [2.05, 4.69) is 21.1 Å². The van der Waals surface area contributed by atoms with Crippen molar-refractivity contribution in [3.05, 3.63) is 45.8 Å². The maximum atomic E-state index is 8.11. The van der Waals surface area contributed by atoms with E-state index < -0.39 is 0 Å². The van der Waals surface area contributed by atoms with Crippen LogP contribution in [0.3, 0.4) is 0 Å². The van der Waals surface area contributed by atoms with Gasteiger partial charge in [-0.3, -0.25) is 0 Å². The van der Waals surface area contributed by atoms with Crippen LogP contribution in [0.25, 0.3) is 26.7 Å². The molecule has 0 saturated heterocycles. The highest BCUT2D eigenvalue weighted by Gasteiger charge is 1.95. The van der Waals surface area contributed by atoms with Crippen molar-refractivity contribution >= 4 is 27.6 Å². The Hall–Kier alpha value is -1.84. The van der Waals surface area contributed by atoms with Gasteiger partial charge in [0.1, 0.15) is 0 Å². The number of benzene rings is 1. The molecule has 5 heteroatoms. The molecule has 0 aliphatic rings.